The molecule has 0 unspecified atom stereocenters. The summed E-state index contributed by atoms with van der Waals surface area (Å²) in [7, 11) is 0. The largest absolute Gasteiger partial charge is 0.362 e. The Labute approximate surface area is 125 Å². The number of benzene rings is 1. The molecule has 108 valence electrons. The average Bonchev–Trinajstić information content (AvgIpc) is 2.85. The smallest absolute Gasteiger partial charge is 0.227 e. The Kier molecular flexibility index (Phi) is 5.35. The van der Waals surface area contributed by atoms with Gasteiger partial charge in [-0.15, -0.1) is 0 Å². The van der Waals surface area contributed by atoms with Gasteiger partial charge >= 0.3 is 0 Å². The van der Waals surface area contributed by atoms with Gasteiger partial charge in [-0.05, 0) is 43.3 Å². The van der Waals surface area contributed by atoms with E-state index in [4.69, 9.17) is 12.2 Å². The van der Waals surface area contributed by atoms with Crippen LogP contribution >= 0.6 is 12.2 Å². The van der Waals surface area contributed by atoms with E-state index in [1.165, 1.54) is 0 Å². The number of hydrogen-bond donors (Lipinski definition) is 2. The summed E-state index contributed by atoms with van der Waals surface area (Å²) in [5.41, 5.74) is 1.85. The summed E-state index contributed by atoms with van der Waals surface area (Å²) >= 11 is 5.25. The van der Waals surface area contributed by atoms with Crippen molar-refractivity contribution in [3.63, 3.8) is 0 Å². The molecule has 1 aliphatic rings. The summed E-state index contributed by atoms with van der Waals surface area (Å²) < 4.78 is 0. The topological polar surface area (TPSA) is 44.4 Å². The van der Waals surface area contributed by atoms with Crippen LogP contribution in [0.15, 0.2) is 24.3 Å². The lowest BCUT2D eigenvalue weighted by molar-refractivity contribution is -0.117. The number of hydrogen-bond acceptors (Lipinski definition) is 2. The van der Waals surface area contributed by atoms with Crippen LogP contribution < -0.4 is 15.5 Å². The zero-order valence-electron chi connectivity index (χ0n) is 11.8. The standard InChI is InChI=1S/C15H21N3OS/c1-2-3-9-16-15(20)17-12-6-4-7-13(11-12)18-10-5-8-14(18)19/h4,6-7,11H,2-3,5,8-10H2,1H3,(H2,16,17,20). The van der Waals surface area contributed by atoms with Gasteiger partial charge in [0.15, 0.2) is 5.11 Å². The third-order valence-electron chi connectivity index (χ3n) is 3.31. The molecule has 1 saturated heterocycles. The number of carbonyl (C=O) groups excluding carboxylic acids is 1. The molecule has 0 bridgehead atoms. The Morgan fingerprint density at radius 1 is 1.45 bits per heavy atom. The van der Waals surface area contributed by atoms with Gasteiger partial charge in [-0.3, -0.25) is 4.79 Å². The number of thiocarbonyl (C=S) groups is 1. The molecule has 2 rings (SSSR count). The molecule has 1 aromatic carbocycles. The van der Waals surface area contributed by atoms with Crippen molar-refractivity contribution >= 4 is 34.6 Å². The molecular weight excluding hydrogens is 270 g/mol. The van der Waals surface area contributed by atoms with Crippen LogP contribution in [-0.4, -0.2) is 24.1 Å². The van der Waals surface area contributed by atoms with E-state index in [1.54, 1.807) is 0 Å². The first kappa shape index (κ1) is 14.8. The van der Waals surface area contributed by atoms with Crippen LogP contribution in [-0.2, 0) is 4.79 Å². The van der Waals surface area contributed by atoms with E-state index in [0.717, 1.165) is 43.7 Å². The molecule has 2 N–H and O–H groups in total. The first-order valence-electron chi connectivity index (χ1n) is 7.16. The van der Waals surface area contributed by atoms with Crippen molar-refractivity contribution in [1.29, 1.82) is 0 Å². The SMILES string of the molecule is CCCCNC(=S)Nc1cccc(N2CCCC2=O)c1. The van der Waals surface area contributed by atoms with Crippen LogP contribution in [0.2, 0.25) is 0 Å². The van der Waals surface area contributed by atoms with E-state index in [1.807, 2.05) is 29.2 Å². The second-order valence-corrected chi connectivity index (χ2v) is 5.34. The van der Waals surface area contributed by atoms with Gasteiger partial charge < -0.3 is 15.5 Å². The first-order chi connectivity index (χ1) is 9.70. The zero-order valence-corrected chi connectivity index (χ0v) is 12.6. The highest BCUT2D eigenvalue weighted by Gasteiger charge is 2.21. The van der Waals surface area contributed by atoms with Crippen molar-refractivity contribution < 1.29 is 4.79 Å². The van der Waals surface area contributed by atoms with Crippen molar-refractivity contribution in [2.24, 2.45) is 0 Å². The highest BCUT2D eigenvalue weighted by atomic mass is 32.1. The summed E-state index contributed by atoms with van der Waals surface area (Å²) in [4.78, 5) is 13.6. The Morgan fingerprint density at radius 3 is 3.00 bits per heavy atom. The van der Waals surface area contributed by atoms with Crippen LogP contribution in [0.4, 0.5) is 11.4 Å². The van der Waals surface area contributed by atoms with Gasteiger partial charge in [0.1, 0.15) is 0 Å². The van der Waals surface area contributed by atoms with Gasteiger partial charge in [0.25, 0.3) is 0 Å². The normalized spacial score (nSPS) is 14.4. The minimum absolute atomic E-state index is 0.200. The van der Waals surface area contributed by atoms with Crippen LogP contribution in [0.25, 0.3) is 0 Å². The highest BCUT2D eigenvalue weighted by Crippen LogP contribution is 2.24. The molecular formula is C15H21N3OS. The number of unbranched alkanes of at least 4 members (excludes halogenated alkanes) is 1. The number of anilines is 2. The molecule has 5 heteroatoms. The van der Waals surface area contributed by atoms with Gasteiger partial charge in [0, 0.05) is 30.9 Å². The monoisotopic (exact) mass is 291 g/mol. The molecule has 4 nitrogen and oxygen atoms in total. The number of nitrogens with zero attached hydrogens (tertiary/aromatic N) is 1. The predicted octanol–water partition coefficient (Wildman–Crippen LogP) is 2.90. The molecule has 0 aliphatic carbocycles. The fourth-order valence-corrected chi connectivity index (χ4v) is 2.45. The predicted molar refractivity (Wildman–Crippen MR) is 87.2 cm³/mol. The van der Waals surface area contributed by atoms with Crippen molar-refractivity contribution in [2.75, 3.05) is 23.3 Å². The van der Waals surface area contributed by atoms with Gasteiger partial charge in [-0.25, -0.2) is 0 Å². The Balaban J connectivity index is 1.95. The summed E-state index contributed by atoms with van der Waals surface area (Å²) in [5, 5.41) is 6.96. The fourth-order valence-electron chi connectivity index (χ4n) is 2.23. The van der Waals surface area contributed by atoms with Crippen molar-refractivity contribution in [3.8, 4) is 0 Å². The van der Waals surface area contributed by atoms with Crippen molar-refractivity contribution in [1.82, 2.24) is 5.32 Å². The highest BCUT2D eigenvalue weighted by molar-refractivity contribution is 7.80. The lowest BCUT2D eigenvalue weighted by Crippen LogP contribution is -2.29. The molecule has 1 amide bonds. The van der Waals surface area contributed by atoms with E-state index in [-0.39, 0.29) is 5.91 Å². The quantitative estimate of drug-likeness (QED) is 0.647. The number of nitrogens with one attached hydrogen (secondary N) is 2. The molecule has 0 saturated carbocycles. The van der Waals surface area contributed by atoms with Gasteiger partial charge in [-0.1, -0.05) is 19.4 Å². The second kappa shape index (κ2) is 7.24. The average molecular weight is 291 g/mol. The molecule has 1 fully saturated rings. The molecule has 0 atom stereocenters. The molecule has 1 heterocycles. The maximum Gasteiger partial charge on any atom is 0.227 e. The number of rotatable bonds is 5. The maximum absolute atomic E-state index is 11.8. The molecule has 0 aromatic heterocycles. The fraction of sp³-hybridized carbons (Fsp3) is 0.467. The van der Waals surface area contributed by atoms with E-state index in [0.29, 0.717) is 11.5 Å². The second-order valence-electron chi connectivity index (χ2n) is 4.93. The van der Waals surface area contributed by atoms with Crippen molar-refractivity contribution in [2.45, 2.75) is 32.6 Å². The van der Waals surface area contributed by atoms with Crippen LogP contribution in [0.5, 0.6) is 0 Å². The zero-order chi connectivity index (χ0) is 14.4. The molecule has 0 spiro atoms. The van der Waals surface area contributed by atoms with Crippen LogP contribution in [0.3, 0.4) is 0 Å². The summed E-state index contributed by atoms with van der Waals surface area (Å²) in [6.07, 6.45) is 3.83. The number of carbonyl (C=O) groups is 1. The first-order valence-corrected chi connectivity index (χ1v) is 7.57. The van der Waals surface area contributed by atoms with Crippen LogP contribution in [0, 0.1) is 0 Å². The third kappa shape index (κ3) is 3.93. The summed E-state index contributed by atoms with van der Waals surface area (Å²) in [6, 6.07) is 7.83. The lowest BCUT2D eigenvalue weighted by atomic mass is 10.2. The van der Waals surface area contributed by atoms with E-state index in [2.05, 4.69) is 17.6 Å². The molecule has 20 heavy (non-hydrogen) atoms. The van der Waals surface area contributed by atoms with E-state index >= 15 is 0 Å². The van der Waals surface area contributed by atoms with Crippen LogP contribution in [0.1, 0.15) is 32.6 Å². The van der Waals surface area contributed by atoms with Gasteiger partial charge in [0.05, 0.1) is 0 Å². The molecule has 1 aromatic rings. The minimum atomic E-state index is 0.200. The van der Waals surface area contributed by atoms with Crippen molar-refractivity contribution in [3.05, 3.63) is 24.3 Å². The van der Waals surface area contributed by atoms with Gasteiger partial charge in [0.2, 0.25) is 5.91 Å². The summed E-state index contributed by atoms with van der Waals surface area (Å²) in [6.45, 7) is 3.84. The summed E-state index contributed by atoms with van der Waals surface area (Å²) in [5.74, 6) is 0.200. The van der Waals surface area contributed by atoms with Gasteiger partial charge in [-0.2, -0.15) is 0 Å². The lowest BCUT2D eigenvalue weighted by Gasteiger charge is -2.17. The molecule has 1 aliphatic heterocycles. The Hall–Kier alpha value is -1.62. The van der Waals surface area contributed by atoms with E-state index < -0.39 is 0 Å². The maximum atomic E-state index is 11.8. The third-order valence-corrected chi connectivity index (χ3v) is 3.55. The Bertz CT molecular complexity index is 490. The van der Waals surface area contributed by atoms with E-state index in [9.17, 15) is 4.79 Å². The number of amides is 1. The molecule has 0 radical (unpaired) electrons. The Morgan fingerprint density at radius 2 is 2.30 bits per heavy atom. The minimum Gasteiger partial charge on any atom is -0.362 e.